The molecule has 0 amide bonds. The van der Waals surface area contributed by atoms with Crippen molar-refractivity contribution in [3.05, 3.63) is 22.7 Å². The van der Waals surface area contributed by atoms with E-state index in [-0.39, 0.29) is 5.69 Å². The fourth-order valence-corrected chi connectivity index (χ4v) is 2.21. The van der Waals surface area contributed by atoms with Gasteiger partial charge in [-0.3, -0.25) is 0 Å². The summed E-state index contributed by atoms with van der Waals surface area (Å²) in [4.78, 5) is 17.2. The predicted molar refractivity (Wildman–Crippen MR) is 65.9 cm³/mol. The van der Waals surface area contributed by atoms with Crippen LogP contribution in [-0.2, 0) is 4.74 Å². The SMILES string of the molecule is COCCCCCCSc1ccnc(=O)[nH]1. The van der Waals surface area contributed by atoms with Crippen LogP contribution in [0, 0.1) is 0 Å². The summed E-state index contributed by atoms with van der Waals surface area (Å²) in [5, 5.41) is 0.900. The first-order valence-corrected chi connectivity index (χ1v) is 6.48. The summed E-state index contributed by atoms with van der Waals surface area (Å²) in [6.07, 6.45) is 6.26. The number of hydrogen-bond acceptors (Lipinski definition) is 4. The van der Waals surface area contributed by atoms with Gasteiger partial charge in [-0.15, -0.1) is 11.8 Å². The van der Waals surface area contributed by atoms with Crippen LogP contribution in [-0.4, -0.2) is 29.4 Å². The Morgan fingerprint density at radius 1 is 1.38 bits per heavy atom. The first kappa shape index (κ1) is 13.3. The van der Waals surface area contributed by atoms with Gasteiger partial charge in [0.25, 0.3) is 0 Å². The van der Waals surface area contributed by atoms with Crippen LogP contribution >= 0.6 is 11.8 Å². The molecule has 0 saturated heterocycles. The smallest absolute Gasteiger partial charge is 0.345 e. The average molecular weight is 242 g/mol. The highest BCUT2D eigenvalue weighted by molar-refractivity contribution is 7.99. The normalized spacial score (nSPS) is 10.6. The van der Waals surface area contributed by atoms with Crippen molar-refractivity contribution in [3.63, 3.8) is 0 Å². The van der Waals surface area contributed by atoms with Gasteiger partial charge in [-0.1, -0.05) is 12.8 Å². The van der Waals surface area contributed by atoms with Crippen LogP contribution in [0.5, 0.6) is 0 Å². The Hall–Kier alpha value is -0.810. The number of nitrogens with one attached hydrogen (secondary N) is 1. The van der Waals surface area contributed by atoms with Crippen LogP contribution in [0.4, 0.5) is 0 Å². The van der Waals surface area contributed by atoms with Crippen molar-refractivity contribution in [2.24, 2.45) is 0 Å². The molecule has 0 saturated carbocycles. The highest BCUT2D eigenvalue weighted by atomic mass is 32.2. The van der Waals surface area contributed by atoms with Gasteiger partial charge in [0.1, 0.15) is 0 Å². The van der Waals surface area contributed by atoms with Crippen molar-refractivity contribution in [1.82, 2.24) is 9.97 Å². The average Bonchev–Trinajstić information content (AvgIpc) is 2.28. The van der Waals surface area contributed by atoms with Crippen molar-refractivity contribution in [2.45, 2.75) is 30.7 Å². The number of aromatic amines is 1. The number of unbranched alkanes of at least 4 members (excludes halogenated alkanes) is 3. The Bertz CT molecular complexity index is 341. The molecule has 0 unspecified atom stereocenters. The van der Waals surface area contributed by atoms with Gasteiger partial charge >= 0.3 is 5.69 Å². The molecule has 0 aromatic carbocycles. The minimum Gasteiger partial charge on any atom is -0.385 e. The molecule has 0 spiro atoms. The third-order valence-corrected chi connectivity index (χ3v) is 3.19. The number of methoxy groups -OCH3 is 1. The first-order valence-electron chi connectivity index (χ1n) is 5.50. The molecule has 0 bridgehead atoms. The lowest BCUT2D eigenvalue weighted by Gasteiger charge is -2.01. The van der Waals surface area contributed by atoms with Gasteiger partial charge in [-0.2, -0.15) is 0 Å². The second-order valence-corrected chi connectivity index (χ2v) is 4.63. The lowest BCUT2D eigenvalue weighted by atomic mass is 10.2. The fourth-order valence-electron chi connectivity index (χ4n) is 1.32. The number of ether oxygens (including phenoxy) is 1. The van der Waals surface area contributed by atoms with E-state index in [1.807, 2.05) is 6.07 Å². The molecule has 0 aliphatic rings. The van der Waals surface area contributed by atoms with E-state index < -0.39 is 0 Å². The van der Waals surface area contributed by atoms with E-state index in [0.29, 0.717) is 0 Å². The van der Waals surface area contributed by atoms with Crippen LogP contribution in [0.25, 0.3) is 0 Å². The molecule has 1 heterocycles. The van der Waals surface area contributed by atoms with E-state index in [2.05, 4.69) is 9.97 Å². The molecule has 5 heteroatoms. The van der Waals surface area contributed by atoms with E-state index >= 15 is 0 Å². The molecule has 1 aromatic heterocycles. The predicted octanol–water partition coefficient (Wildman–Crippen LogP) is 2.07. The topological polar surface area (TPSA) is 55.0 Å². The molecule has 1 N–H and O–H groups in total. The first-order chi connectivity index (χ1) is 7.83. The van der Waals surface area contributed by atoms with Crippen molar-refractivity contribution in [2.75, 3.05) is 19.5 Å². The number of thioether (sulfide) groups is 1. The van der Waals surface area contributed by atoms with Crippen molar-refractivity contribution < 1.29 is 4.74 Å². The molecule has 0 aliphatic heterocycles. The number of rotatable bonds is 8. The maximum absolute atomic E-state index is 10.9. The van der Waals surface area contributed by atoms with Crippen LogP contribution in [0.1, 0.15) is 25.7 Å². The van der Waals surface area contributed by atoms with E-state index in [1.165, 1.54) is 19.3 Å². The van der Waals surface area contributed by atoms with Gasteiger partial charge in [0.05, 0.1) is 5.03 Å². The molecule has 0 atom stereocenters. The van der Waals surface area contributed by atoms with E-state index in [9.17, 15) is 4.79 Å². The molecular formula is C11H18N2O2S. The van der Waals surface area contributed by atoms with Crippen molar-refractivity contribution in [3.8, 4) is 0 Å². The largest absolute Gasteiger partial charge is 0.385 e. The molecule has 0 radical (unpaired) electrons. The third-order valence-electron chi connectivity index (χ3n) is 2.15. The Balaban J connectivity index is 2.05. The van der Waals surface area contributed by atoms with E-state index in [0.717, 1.165) is 23.8 Å². The van der Waals surface area contributed by atoms with Crippen molar-refractivity contribution in [1.29, 1.82) is 0 Å². The Morgan fingerprint density at radius 3 is 2.94 bits per heavy atom. The summed E-state index contributed by atoms with van der Waals surface area (Å²) in [7, 11) is 1.73. The third kappa shape index (κ3) is 5.92. The molecule has 90 valence electrons. The Labute approximate surface area is 99.8 Å². The van der Waals surface area contributed by atoms with Gasteiger partial charge < -0.3 is 9.72 Å². The summed E-state index contributed by atoms with van der Waals surface area (Å²) < 4.78 is 4.98. The number of H-pyrrole nitrogens is 1. The van der Waals surface area contributed by atoms with Gasteiger partial charge in [-0.05, 0) is 24.7 Å². The zero-order valence-electron chi connectivity index (χ0n) is 9.57. The van der Waals surface area contributed by atoms with Gasteiger partial charge in [0, 0.05) is 19.9 Å². The van der Waals surface area contributed by atoms with E-state index in [4.69, 9.17) is 4.74 Å². The highest BCUT2D eigenvalue weighted by Crippen LogP contribution is 2.15. The summed E-state index contributed by atoms with van der Waals surface area (Å²) in [6, 6.07) is 1.83. The molecule has 0 aliphatic carbocycles. The molecular weight excluding hydrogens is 224 g/mol. The second-order valence-electron chi connectivity index (χ2n) is 3.49. The monoisotopic (exact) mass is 242 g/mol. The van der Waals surface area contributed by atoms with Crippen LogP contribution in [0.2, 0.25) is 0 Å². The maximum atomic E-state index is 10.9. The summed E-state index contributed by atoms with van der Waals surface area (Å²) >= 11 is 1.67. The number of nitrogens with zero attached hydrogens (tertiary/aromatic N) is 1. The zero-order chi connectivity index (χ0) is 11.6. The van der Waals surface area contributed by atoms with Crippen molar-refractivity contribution >= 4 is 11.8 Å². The molecule has 4 nitrogen and oxygen atoms in total. The van der Waals surface area contributed by atoms with Crippen LogP contribution in [0.3, 0.4) is 0 Å². The minimum atomic E-state index is -0.273. The molecule has 16 heavy (non-hydrogen) atoms. The Kier molecular flexibility index (Phi) is 6.92. The number of aromatic nitrogens is 2. The van der Waals surface area contributed by atoms with Crippen LogP contribution in [0.15, 0.2) is 22.1 Å². The summed E-state index contributed by atoms with van der Waals surface area (Å²) in [5.74, 6) is 1.03. The Morgan fingerprint density at radius 2 is 2.19 bits per heavy atom. The van der Waals surface area contributed by atoms with E-state index in [1.54, 1.807) is 25.1 Å². The second kappa shape index (κ2) is 8.35. The lowest BCUT2D eigenvalue weighted by Crippen LogP contribution is -2.08. The lowest BCUT2D eigenvalue weighted by molar-refractivity contribution is 0.192. The fraction of sp³-hybridized carbons (Fsp3) is 0.636. The number of hydrogen-bond donors (Lipinski definition) is 1. The van der Waals surface area contributed by atoms with Gasteiger partial charge in [0.15, 0.2) is 0 Å². The minimum absolute atomic E-state index is 0.273. The molecule has 0 fully saturated rings. The highest BCUT2D eigenvalue weighted by Gasteiger charge is 1.95. The van der Waals surface area contributed by atoms with Crippen LogP contribution < -0.4 is 5.69 Å². The zero-order valence-corrected chi connectivity index (χ0v) is 10.4. The molecule has 1 rings (SSSR count). The standard InChI is InChI=1S/C11H18N2O2S/c1-15-8-4-2-3-5-9-16-10-6-7-12-11(14)13-10/h6-7H,2-5,8-9H2,1H3,(H,12,13,14). The summed E-state index contributed by atoms with van der Waals surface area (Å²) in [6.45, 7) is 0.852. The van der Waals surface area contributed by atoms with Gasteiger partial charge in [0.2, 0.25) is 0 Å². The molecule has 1 aromatic rings. The summed E-state index contributed by atoms with van der Waals surface area (Å²) in [5.41, 5.74) is -0.273. The van der Waals surface area contributed by atoms with Gasteiger partial charge in [-0.25, -0.2) is 9.78 Å². The maximum Gasteiger partial charge on any atom is 0.345 e. The quantitative estimate of drug-likeness (QED) is 0.431.